The van der Waals surface area contributed by atoms with Gasteiger partial charge in [0.25, 0.3) is 0 Å². The summed E-state index contributed by atoms with van der Waals surface area (Å²) in [4.78, 5) is 24.9. The van der Waals surface area contributed by atoms with Crippen molar-refractivity contribution in [2.45, 2.75) is 32.4 Å². The molecule has 1 fully saturated rings. The second-order valence-electron chi connectivity index (χ2n) is 5.23. The molecule has 1 rings (SSSR count). The molecule has 2 amide bonds. The number of hydrogen-bond donors (Lipinski definition) is 2. The number of halogens is 3. The van der Waals surface area contributed by atoms with Crippen LogP contribution in [0.1, 0.15) is 26.2 Å². The molecule has 21 heavy (non-hydrogen) atoms. The van der Waals surface area contributed by atoms with Crippen LogP contribution in [0.2, 0.25) is 0 Å². The predicted molar refractivity (Wildman–Crippen MR) is 71.5 cm³/mol. The van der Waals surface area contributed by atoms with Gasteiger partial charge < -0.3 is 10.6 Å². The van der Waals surface area contributed by atoms with Crippen molar-refractivity contribution in [3.05, 3.63) is 0 Å². The van der Waals surface area contributed by atoms with Crippen molar-refractivity contribution in [3.63, 3.8) is 0 Å². The Morgan fingerprint density at radius 2 is 1.81 bits per heavy atom. The summed E-state index contributed by atoms with van der Waals surface area (Å²) in [6.07, 6.45) is -2.26. The van der Waals surface area contributed by atoms with Gasteiger partial charge in [0.15, 0.2) is 0 Å². The molecule has 0 bridgehead atoms. The van der Waals surface area contributed by atoms with Gasteiger partial charge in [0.2, 0.25) is 11.8 Å². The zero-order chi connectivity index (χ0) is 15.9. The topological polar surface area (TPSA) is 61.4 Å². The van der Waals surface area contributed by atoms with E-state index >= 15 is 0 Å². The molecule has 0 aromatic carbocycles. The Morgan fingerprint density at radius 3 is 2.33 bits per heavy atom. The number of amides is 2. The third kappa shape index (κ3) is 7.31. The van der Waals surface area contributed by atoms with Gasteiger partial charge in [0.05, 0.1) is 6.54 Å². The Labute approximate surface area is 122 Å². The Balaban J connectivity index is 2.24. The summed E-state index contributed by atoms with van der Waals surface area (Å²) in [7, 11) is 0. The summed E-state index contributed by atoms with van der Waals surface area (Å²) >= 11 is 0. The van der Waals surface area contributed by atoms with Gasteiger partial charge in [-0.3, -0.25) is 14.5 Å². The highest BCUT2D eigenvalue weighted by Gasteiger charge is 2.29. The van der Waals surface area contributed by atoms with Crippen LogP contribution in [0.4, 0.5) is 13.2 Å². The summed E-state index contributed by atoms with van der Waals surface area (Å²) in [6.45, 7) is 2.36. The van der Waals surface area contributed by atoms with Crippen LogP contribution in [-0.4, -0.2) is 55.6 Å². The number of rotatable bonds is 6. The highest BCUT2D eigenvalue weighted by molar-refractivity contribution is 5.79. The van der Waals surface area contributed by atoms with Gasteiger partial charge in [0.1, 0.15) is 6.54 Å². The number of nitrogens with zero attached hydrogens (tertiary/aromatic N) is 1. The minimum atomic E-state index is -4.39. The SMILES string of the molecule is CCCNC(=O)C1CCN(CC(=O)NCC(F)(F)F)CC1. The van der Waals surface area contributed by atoms with Crippen molar-refractivity contribution < 1.29 is 22.8 Å². The summed E-state index contributed by atoms with van der Waals surface area (Å²) in [5, 5.41) is 4.68. The molecule has 122 valence electrons. The molecule has 0 aromatic heterocycles. The third-order valence-corrected chi connectivity index (χ3v) is 3.36. The van der Waals surface area contributed by atoms with Crippen molar-refractivity contribution in [1.29, 1.82) is 0 Å². The molecule has 0 saturated carbocycles. The summed E-state index contributed by atoms with van der Waals surface area (Å²) < 4.78 is 35.9. The summed E-state index contributed by atoms with van der Waals surface area (Å²) in [6, 6.07) is 0. The highest BCUT2D eigenvalue weighted by Crippen LogP contribution is 2.17. The van der Waals surface area contributed by atoms with Crippen molar-refractivity contribution in [1.82, 2.24) is 15.5 Å². The second kappa shape index (κ2) is 8.21. The van der Waals surface area contributed by atoms with Crippen LogP contribution in [-0.2, 0) is 9.59 Å². The fourth-order valence-electron chi connectivity index (χ4n) is 2.20. The minimum absolute atomic E-state index is 0.0259. The molecule has 2 N–H and O–H groups in total. The average molecular weight is 309 g/mol. The maximum absolute atomic E-state index is 12.0. The van der Waals surface area contributed by atoms with Crippen LogP contribution < -0.4 is 10.6 Å². The molecule has 0 unspecified atom stereocenters. The van der Waals surface area contributed by atoms with Crippen LogP contribution in [0.5, 0.6) is 0 Å². The van der Waals surface area contributed by atoms with Crippen molar-refractivity contribution >= 4 is 11.8 Å². The maximum atomic E-state index is 12.0. The van der Waals surface area contributed by atoms with Crippen molar-refractivity contribution in [3.8, 4) is 0 Å². The van der Waals surface area contributed by atoms with Gasteiger partial charge >= 0.3 is 6.18 Å². The number of alkyl halides is 3. The number of piperidine rings is 1. The Kier molecular flexibility index (Phi) is 6.94. The highest BCUT2D eigenvalue weighted by atomic mass is 19.4. The number of nitrogens with one attached hydrogen (secondary N) is 2. The molecular formula is C13H22F3N3O2. The fraction of sp³-hybridized carbons (Fsp3) is 0.846. The van der Waals surface area contributed by atoms with Crippen LogP contribution in [0.25, 0.3) is 0 Å². The van der Waals surface area contributed by atoms with Crippen LogP contribution in [0.15, 0.2) is 0 Å². The molecular weight excluding hydrogens is 287 g/mol. The van der Waals surface area contributed by atoms with E-state index in [1.54, 1.807) is 4.90 Å². The van der Waals surface area contributed by atoms with E-state index in [9.17, 15) is 22.8 Å². The maximum Gasteiger partial charge on any atom is 0.405 e. The Bertz CT molecular complexity index is 353. The number of carbonyl (C=O) groups excluding carboxylic acids is 2. The van der Waals surface area contributed by atoms with Gasteiger partial charge in [0, 0.05) is 12.5 Å². The fourth-order valence-corrected chi connectivity index (χ4v) is 2.20. The number of likely N-dealkylation sites (tertiary alicyclic amines) is 1. The molecule has 0 spiro atoms. The molecule has 0 radical (unpaired) electrons. The molecule has 8 heteroatoms. The zero-order valence-electron chi connectivity index (χ0n) is 12.1. The summed E-state index contributed by atoms with van der Waals surface area (Å²) in [5.74, 6) is -0.676. The molecule has 1 aliphatic heterocycles. The van der Waals surface area contributed by atoms with E-state index in [1.165, 1.54) is 0 Å². The van der Waals surface area contributed by atoms with Gasteiger partial charge in [-0.1, -0.05) is 6.92 Å². The Hall–Kier alpha value is -1.31. The van der Waals surface area contributed by atoms with Gasteiger partial charge in [-0.2, -0.15) is 13.2 Å². The van der Waals surface area contributed by atoms with Crippen LogP contribution >= 0.6 is 0 Å². The van der Waals surface area contributed by atoms with E-state index in [1.807, 2.05) is 12.2 Å². The van der Waals surface area contributed by atoms with E-state index in [0.717, 1.165) is 6.42 Å². The third-order valence-electron chi connectivity index (χ3n) is 3.36. The first-order chi connectivity index (χ1) is 9.81. The Morgan fingerprint density at radius 1 is 1.19 bits per heavy atom. The molecule has 5 nitrogen and oxygen atoms in total. The predicted octanol–water partition coefficient (Wildman–Crippen LogP) is 0.903. The summed E-state index contributed by atoms with van der Waals surface area (Å²) in [5.41, 5.74) is 0. The second-order valence-corrected chi connectivity index (χ2v) is 5.23. The van der Waals surface area contributed by atoms with Crippen molar-refractivity contribution in [2.24, 2.45) is 5.92 Å². The average Bonchev–Trinajstić information content (AvgIpc) is 2.42. The largest absolute Gasteiger partial charge is 0.405 e. The lowest BCUT2D eigenvalue weighted by molar-refractivity contribution is -0.139. The number of carbonyl (C=O) groups is 2. The lowest BCUT2D eigenvalue weighted by atomic mass is 9.96. The zero-order valence-corrected chi connectivity index (χ0v) is 12.1. The lowest BCUT2D eigenvalue weighted by Crippen LogP contribution is -2.45. The number of hydrogen-bond acceptors (Lipinski definition) is 3. The van der Waals surface area contributed by atoms with E-state index in [0.29, 0.717) is 32.5 Å². The van der Waals surface area contributed by atoms with Crippen molar-refractivity contribution in [2.75, 3.05) is 32.7 Å². The molecule has 0 atom stereocenters. The molecule has 1 heterocycles. The first-order valence-corrected chi connectivity index (χ1v) is 7.15. The standard InChI is InChI=1S/C13H22F3N3O2/c1-2-5-17-12(21)10-3-6-19(7-4-10)8-11(20)18-9-13(14,15)16/h10H,2-9H2,1H3,(H,17,21)(H,18,20). The van der Waals surface area contributed by atoms with E-state index in [-0.39, 0.29) is 18.4 Å². The smallest absolute Gasteiger partial charge is 0.356 e. The first kappa shape index (κ1) is 17.7. The van der Waals surface area contributed by atoms with E-state index in [2.05, 4.69) is 5.32 Å². The molecule has 0 aliphatic carbocycles. The minimum Gasteiger partial charge on any atom is -0.356 e. The molecule has 0 aromatic rings. The van der Waals surface area contributed by atoms with Crippen LogP contribution in [0.3, 0.4) is 0 Å². The van der Waals surface area contributed by atoms with Gasteiger partial charge in [-0.15, -0.1) is 0 Å². The normalized spacial score (nSPS) is 17.5. The van der Waals surface area contributed by atoms with E-state index < -0.39 is 18.6 Å². The molecule has 1 saturated heterocycles. The molecule has 1 aliphatic rings. The first-order valence-electron chi connectivity index (χ1n) is 7.15. The quantitative estimate of drug-likeness (QED) is 0.766. The van der Waals surface area contributed by atoms with Gasteiger partial charge in [-0.25, -0.2) is 0 Å². The van der Waals surface area contributed by atoms with E-state index in [4.69, 9.17) is 0 Å². The van der Waals surface area contributed by atoms with Crippen LogP contribution in [0, 0.1) is 5.92 Å². The monoisotopic (exact) mass is 309 g/mol. The lowest BCUT2D eigenvalue weighted by Gasteiger charge is -2.30. The van der Waals surface area contributed by atoms with Gasteiger partial charge in [-0.05, 0) is 32.4 Å².